The minimum absolute atomic E-state index is 0.106. The minimum Gasteiger partial charge on any atom is -0.462 e. The quantitative estimate of drug-likeness (QED) is 0.0222. The minimum atomic E-state index is -4.96. The highest BCUT2D eigenvalue weighted by molar-refractivity contribution is 7.47. The Hall–Kier alpha value is -1.94. The number of rotatable bonds is 81. The molecular formula is C83H162O17P2. The van der Waals surface area contributed by atoms with E-state index in [1.54, 1.807) is 0 Å². The number of esters is 4. The van der Waals surface area contributed by atoms with Crippen LogP contribution >= 0.6 is 15.6 Å². The monoisotopic (exact) mass is 1490 g/mol. The van der Waals surface area contributed by atoms with Crippen LogP contribution in [-0.2, 0) is 65.4 Å². The molecule has 0 aliphatic heterocycles. The number of carbonyl (C=O) groups excluding carboxylic acids is 4. The average Bonchev–Trinajstić information content (AvgIpc) is 0.921. The van der Waals surface area contributed by atoms with Gasteiger partial charge in [0.25, 0.3) is 0 Å². The van der Waals surface area contributed by atoms with Crippen LogP contribution < -0.4 is 0 Å². The Balaban J connectivity index is 5.25. The van der Waals surface area contributed by atoms with E-state index in [0.717, 1.165) is 114 Å². The Kier molecular flexibility index (Phi) is 71.8. The first kappa shape index (κ1) is 100. The molecule has 0 bridgehead atoms. The van der Waals surface area contributed by atoms with Gasteiger partial charge in [0.1, 0.15) is 19.3 Å². The van der Waals surface area contributed by atoms with Gasteiger partial charge in [0, 0.05) is 25.7 Å². The molecule has 0 radical (unpaired) electrons. The van der Waals surface area contributed by atoms with E-state index >= 15 is 0 Å². The standard InChI is InChI=1S/C83H162O17P2/c1-8-11-12-13-14-15-16-17-18-19-20-21-27-32-37-42-50-57-64-80(85)93-70-78(99-82(87)66-59-52-43-38-33-28-23-22-26-31-36-41-48-55-62-75(6)9-2)72-97-101(89,90)95-68-77(84)69-96-102(91,92)98-73-79(71-94-81(86)65-58-51-46-45-49-56-63-76(7)10-3)100-83(88)67-60-53-44-39-34-29-24-25-30-35-40-47-54-61-74(4)5/h74-79,84H,8-73H2,1-7H3,(H,89,90)(H,91,92)/t75?,76?,77-,78-,79-/m1/s1. The summed E-state index contributed by atoms with van der Waals surface area (Å²) in [4.78, 5) is 73.1. The van der Waals surface area contributed by atoms with Gasteiger partial charge in [-0.1, -0.05) is 382 Å². The van der Waals surface area contributed by atoms with Crippen LogP contribution in [0.2, 0.25) is 0 Å². The van der Waals surface area contributed by atoms with Crippen LogP contribution in [0.1, 0.15) is 434 Å². The molecule has 0 spiro atoms. The number of hydrogen-bond acceptors (Lipinski definition) is 15. The first-order valence-electron chi connectivity index (χ1n) is 42.9. The number of unbranched alkanes of at least 4 members (excludes halogenated alkanes) is 47. The van der Waals surface area contributed by atoms with E-state index in [9.17, 15) is 43.2 Å². The molecule has 606 valence electrons. The maximum Gasteiger partial charge on any atom is 0.472 e. The number of carbonyl (C=O) groups is 4. The van der Waals surface area contributed by atoms with Crippen molar-refractivity contribution in [2.75, 3.05) is 39.6 Å². The molecule has 102 heavy (non-hydrogen) atoms. The number of aliphatic hydroxyl groups is 1. The van der Waals surface area contributed by atoms with E-state index in [4.69, 9.17) is 37.0 Å². The van der Waals surface area contributed by atoms with Gasteiger partial charge in [0.2, 0.25) is 0 Å². The molecule has 0 amide bonds. The largest absolute Gasteiger partial charge is 0.472 e. The van der Waals surface area contributed by atoms with Crippen molar-refractivity contribution in [3.05, 3.63) is 0 Å². The second kappa shape index (κ2) is 73.2. The van der Waals surface area contributed by atoms with Crippen molar-refractivity contribution in [2.45, 2.75) is 452 Å². The normalized spacial score (nSPS) is 14.5. The van der Waals surface area contributed by atoms with Crippen LogP contribution in [-0.4, -0.2) is 96.7 Å². The maximum absolute atomic E-state index is 13.1. The lowest BCUT2D eigenvalue weighted by Gasteiger charge is -2.21. The third kappa shape index (κ3) is 73.6. The van der Waals surface area contributed by atoms with Crippen LogP contribution in [0.5, 0.6) is 0 Å². The number of hydrogen-bond donors (Lipinski definition) is 3. The third-order valence-electron chi connectivity index (χ3n) is 20.1. The molecule has 0 aromatic carbocycles. The van der Waals surface area contributed by atoms with Gasteiger partial charge in [-0.3, -0.25) is 37.3 Å². The van der Waals surface area contributed by atoms with Gasteiger partial charge in [0.05, 0.1) is 26.4 Å². The van der Waals surface area contributed by atoms with Crippen LogP contribution in [0.25, 0.3) is 0 Å². The van der Waals surface area contributed by atoms with Crippen LogP contribution in [0, 0.1) is 17.8 Å². The van der Waals surface area contributed by atoms with Crippen molar-refractivity contribution in [2.24, 2.45) is 17.8 Å². The molecule has 0 aliphatic rings. The highest BCUT2D eigenvalue weighted by Gasteiger charge is 2.30. The molecule has 19 heteroatoms. The molecule has 0 aliphatic carbocycles. The van der Waals surface area contributed by atoms with E-state index in [1.807, 2.05) is 0 Å². The SMILES string of the molecule is CCCCCCCCCCCCCCCCCCCCC(=O)OC[C@H](COP(=O)(O)OC[C@@H](O)COP(=O)(O)OC[C@@H](COC(=O)CCCCCCCCC(C)CC)OC(=O)CCCCCCCCCCCCCCCC(C)C)OC(=O)CCCCCCCCCCCCCCCCC(C)CC. The van der Waals surface area contributed by atoms with Crippen molar-refractivity contribution in [3.63, 3.8) is 0 Å². The van der Waals surface area contributed by atoms with E-state index in [-0.39, 0.29) is 25.7 Å². The van der Waals surface area contributed by atoms with E-state index in [2.05, 4.69) is 48.5 Å². The maximum atomic E-state index is 13.1. The van der Waals surface area contributed by atoms with Gasteiger partial charge < -0.3 is 33.8 Å². The van der Waals surface area contributed by atoms with Gasteiger partial charge in [-0.15, -0.1) is 0 Å². The molecule has 0 aromatic rings. The lowest BCUT2D eigenvalue weighted by molar-refractivity contribution is -0.161. The van der Waals surface area contributed by atoms with Gasteiger partial charge in [0.15, 0.2) is 12.2 Å². The Morgan fingerprint density at radius 2 is 0.500 bits per heavy atom. The van der Waals surface area contributed by atoms with Crippen LogP contribution in [0.4, 0.5) is 0 Å². The van der Waals surface area contributed by atoms with Gasteiger partial charge in [-0.05, 0) is 43.4 Å². The highest BCUT2D eigenvalue weighted by atomic mass is 31.2. The smallest absolute Gasteiger partial charge is 0.462 e. The number of phosphoric ester groups is 2. The number of ether oxygens (including phenoxy) is 4. The summed E-state index contributed by atoms with van der Waals surface area (Å²) in [5.74, 6) is 0.254. The number of aliphatic hydroxyl groups excluding tert-OH is 1. The Morgan fingerprint density at radius 1 is 0.284 bits per heavy atom. The molecule has 7 atom stereocenters. The van der Waals surface area contributed by atoms with Crippen molar-refractivity contribution in [1.82, 2.24) is 0 Å². The zero-order valence-electron chi connectivity index (χ0n) is 67.1. The lowest BCUT2D eigenvalue weighted by atomic mass is 9.99. The summed E-state index contributed by atoms with van der Waals surface area (Å²) in [6.45, 7) is 12.0. The van der Waals surface area contributed by atoms with Gasteiger partial charge in [-0.2, -0.15) is 0 Å². The summed E-state index contributed by atoms with van der Waals surface area (Å²) in [5.41, 5.74) is 0. The highest BCUT2D eigenvalue weighted by Crippen LogP contribution is 2.45. The Labute approximate surface area is 626 Å². The molecule has 0 heterocycles. The average molecular weight is 1490 g/mol. The van der Waals surface area contributed by atoms with Crippen LogP contribution in [0.15, 0.2) is 0 Å². The van der Waals surface area contributed by atoms with E-state index in [0.29, 0.717) is 25.7 Å². The topological polar surface area (TPSA) is 237 Å². The Bertz CT molecular complexity index is 1980. The van der Waals surface area contributed by atoms with Crippen molar-refractivity contribution >= 4 is 39.5 Å². The van der Waals surface area contributed by atoms with Gasteiger partial charge in [-0.25, -0.2) is 9.13 Å². The zero-order chi connectivity index (χ0) is 75.1. The first-order chi connectivity index (χ1) is 49.3. The van der Waals surface area contributed by atoms with E-state index < -0.39 is 97.5 Å². The molecule has 4 unspecified atom stereocenters. The molecule has 0 aromatic heterocycles. The van der Waals surface area contributed by atoms with Crippen molar-refractivity contribution in [3.8, 4) is 0 Å². The fraction of sp³-hybridized carbons (Fsp3) is 0.952. The zero-order valence-corrected chi connectivity index (χ0v) is 68.9. The molecule has 0 saturated heterocycles. The molecule has 0 saturated carbocycles. The predicted octanol–water partition coefficient (Wildman–Crippen LogP) is 24.9. The summed E-state index contributed by atoms with van der Waals surface area (Å²) in [6.07, 6.45) is 62.4. The number of phosphoric acid groups is 2. The second-order valence-corrected chi connectivity index (χ2v) is 33.7. The van der Waals surface area contributed by atoms with Crippen molar-refractivity contribution in [1.29, 1.82) is 0 Å². The molecule has 0 rings (SSSR count). The summed E-state index contributed by atoms with van der Waals surface area (Å²) < 4.78 is 68.8. The molecule has 3 N–H and O–H groups in total. The fourth-order valence-electron chi connectivity index (χ4n) is 12.8. The summed E-state index contributed by atoms with van der Waals surface area (Å²) in [5, 5.41) is 10.7. The molecule has 0 fully saturated rings. The predicted molar refractivity (Wildman–Crippen MR) is 418 cm³/mol. The first-order valence-corrected chi connectivity index (χ1v) is 45.9. The molecular weight excluding hydrogens is 1330 g/mol. The second-order valence-electron chi connectivity index (χ2n) is 30.8. The molecule has 17 nitrogen and oxygen atoms in total. The Morgan fingerprint density at radius 3 is 0.745 bits per heavy atom. The third-order valence-corrected chi connectivity index (χ3v) is 22.0. The van der Waals surface area contributed by atoms with Crippen molar-refractivity contribution < 1.29 is 80.2 Å². The summed E-state index contributed by atoms with van der Waals surface area (Å²) >= 11 is 0. The summed E-state index contributed by atoms with van der Waals surface area (Å²) in [6, 6.07) is 0. The lowest BCUT2D eigenvalue weighted by Crippen LogP contribution is -2.30. The van der Waals surface area contributed by atoms with Gasteiger partial charge >= 0.3 is 39.5 Å². The van der Waals surface area contributed by atoms with E-state index in [1.165, 1.54) is 238 Å². The van der Waals surface area contributed by atoms with Crippen LogP contribution in [0.3, 0.4) is 0 Å². The summed E-state index contributed by atoms with van der Waals surface area (Å²) in [7, 11) is -9.92. The fourth-order valence-corrected chi connectivity index (χ4v) is 14.4.